The number of hydrogen-bond donors (Lipinski definition) is 1. The van der Waals surface area contributed by atoms with Gasteiger partial charge in [0.15, 0.2) is 5.65 Å². The van der Waals surface area contributed by atoms with E-state index in [0.717, 1.165) is 55.9 Å². The molecular weight excluding hydrogens is 474 g/mol. The third-order valence-electron chi connectivity index (χ3n) is 7.29. The summed E-state index contributed by atoms with van der Waals surface area (Å²) < 4.78 is 3.05. The smallest absolute Gasteiger partial charge is 0.227 e. The molecule has 0 radical (unpaired) electrons. The molecule has 1 N–H and O–H groups in total. The maximum atomic E-state index is 13.7. The molecule has 0 saturated carbocycles. The minimum atomic E-state index is -0.228. The van der Waals surface area contributed by atoms with Gasteiger partial charge in [-0.25, -0.2) is 4.98 Å². The van der Waals surface area contributed by atoms with Crippen molar-refractivity contribution in [2.75, 3.05) is 63.1 Å². The van der Waals surface area contributed by atoms with Gasteiger partial charge in [-0.3, -0.25) is 14.0 Å². The number of aromatic nitrogens is 3. The fourth-order valence-electron chi connectivity index (χ4n) is 5.26. The number of thiazole rings is 1. The lowest BCUT2D eigenvalue weighted by atomic mass is 10.2. The predicted molar refractivity (Wildman–Crippen MR) is 145 cm³/mol. The van der Waals surface area contributed by atoms with Crippen LogP contribution in [0.1, 0.15) is 25.7 Å². The summed E-state index contributed by atoms with van der Waals surface area (Å²) in [5.41, 5.74) is 1.65. The number of nitrogens with one attached hydrogen (secondary N) is 1. The Hall–Kier alpha value is -3.08. The molecular formula is C26H31N7O2S. The molecule has 2 fully saturated rings. The molecule has 36 heavy (non-hydrogen) atoms. The highest BCUT2D eigenvalue weighted by atomic mass is 32.1. The average Bonchev–Trinajstić information content (AvgIpc) is 3.49. The highest BCUT2D eigenvalue weighted by Gasteiger charge is 2.22. The Kier molecular flexibility index (Phi) is 6.32. The topological polar surface area (TPSA) is 86.1 Å². The van der Waals surface area contributed by atoms with E-state index in [2.05, 4.69) is 32.0 Å². The zero-order valence-corrected chi connectivity index (χ0v) is 21.4. The molecule has 6 rings (SSSR count). The van der Waals surface area contributed by atoms with E-state index in [-0.39, 0.29) is 11.3 Å². The summed E-state index contributed by atoms with van der Waals surface area (Å²) in [6.07, 6.45) is 5.41. The largest absolute Gasteiger partial charge is 0.339 e. The van der Waals surface area contributed by atoms with Crippen molar-refractivity contribution >= 4 is 55.0 Å². The maximum absolute atomic E-state index is 13.7. The third-order valence-corrected chi connectivity index (χ3v) is 8.43. The van der Waals surface area contributed by atoms with Gasteiger partial charge in [-0.15, -0.1) is 11.3 Å². The van der Waals surface area contributed by atoms with Crippen molar-refractivity contribution in [3.8, 4) is 0 Å². The first kappa shape index (κ1) is 23.3. The standard InChI is InChI=1S/C26H31N7O2S/c1-30-10-6-13-32(16-15-30)26-27-17-18-23(35)22(28-21(34)9-14-31-11-4-5-12-31)25-33(24(18)29-26)19-7-2-3-8-20(19)36-25/h2-3,7-8,17H,4-6,9-16H2,1H3,(H,28,34). The van der Waals surface area contributed by atoms with Gasteiger partial charge in [0.2, 0.25) is 17.3 Å². The molecule has 0 atom stereocenters. The minimum absolute atomic E-state index is 0.135. The number of likely N-dealkylation sites (N-methyl/N-ethyl adjacent to an activating group) is 1. The zero-order chi connectivity index (χ0) is 24.6. The first-order valence-electron chi connectivity index (χ1n) is 12.8. The zero-order valence-electron chi connectivity index (χ0n) is 20.6. The number of fused-ring (bicyclic) bond motifs is 5. The van der Waals surface area contributed by atoms with Crippen molar-refractivity contribution in [1.82, 2.24) is 24.2 Å². The van der Waals surface area contributed by atoms with Crippen LogP contribution in [0, 0.1) is 0 Å². The lowest BCUT2D eigenvalue weighted by Gasteiger charge is -2.20. The first-order valence-corrected chi connectivity index (χ1v) is 13.6. The van der Waals surface area contributed by atoms with Crippen LogP contribution in [0.15, 0.2) is 35.3 Å². The molecule has 0 unspecified atom stereocenters. The predicted octanol–water partition coefficient (Wildman–Crippen LogP) is 3.02. The van der Waals surface area contributed by atoms with E-state index in [0.29, 0.717) is 40.5 Å². The van der Waals surface area contributed by atoms with Crippen LogP contribution < -0.4 is 15.6 Å². The van der Waals surface area contributed by atoms with Gasteiger partial charge in [-0.2, -0.15) is 4.98 Å². The highest BCUT2D eigenvalue weighted by molar-refractivity contribution is 7.24. The molecule has 5 heterocycles. The number of anilines is 2. The molecule has 1 aromatic carbocycles. The van der Waals surface area contributed by atoms with Crippen LogP contribution in [-0.4, -0.2) is 82.9 Å². The number of hydrogen-bond acceptors (Lipinski definition) is 8. The van der Waals surface area contributed by atoms with Crippen LogP contribution in [0.4, 0.5) is 11.6 Å². The van der Waals surface area contributed by atoms with Crippen molar-refractivity contribution in [2.45, 2.75) is 25.7 Å². The molecule has 9 nitrogen and oxygen atoms in total. The monoisotopic (exact) mass is 505 g/mol. The molecule has 3 aromatic heterocycles. The van der Waals surface area contributed by atoms with Crippen LogP contribution in [0.2, 0.25) is 0 Å². The Morgan fingerprint density at radius 3 is 2.75 bits per heavy atom. The summed E-state index contributed by atoms with van der Waals surface area (Å²) in [6.45, 7) is 6.51. The molecule has 0 bridgehead atoms. The van der Waals surface area contributed by atoms with Gasteiger partial charge in [0.05, 0.1) is 15.6 Å². The molecule has 2 aliphatic rings. The van der Waals surface area contributed by atoms with Crippen molar-refractivity contribution < 1.29 is 4.79 Å². The maximum Gasteiger partial charge on any atom is 0.227 e. The van der Waals surface area contributed by atoms with Gasteiger partial charge in [0, 0.05) is 38.8 Å². The second-order valence-electron chi connectivity index (χ2n) is 9.81. The summed E-state index contributed by atoms with van der Waals surface area (Å²) in [6, 6.07) is 8.04. The van der Waals surface area contributed by atoms with Gasteiger partial charge >= 0.3 is 0 Å². The number of para-hydroxylation sites is 1. The Morgan fingerprint density at radius 1 is 1.06 bits per heavy atom. The summed E-state index contributed by atoms with van der Waals surface area (Å²) in [4.78, 5) is 43.6. The number of likely N-dealkylation sites (tertiary alicyclic amines) is 1. The number of amides is 1. The lowest BCUT2D eigenvalue weighted by Crippen LogP contribution is -2.30. The number of pyridine rings is 1. The fraction of sp³-hybridized carbons (Fsp3) is 0.462. The summed E-state index contributed by atoms with van der Waals surface area (Å²) in [5, 5.41) is 3.38. The molecule has 10 heteroatoms. The Bertz CT molecular complexity index is 1490. The number of rotatable bonds is 5. The summed E-state index contributed by atoms with van der Waals surface area (Å²) >= 11 is 1.50. The van der Waals surface area contributed by atoms with Crippen LogP contribution in [-0.2, 0) is 4.79 Å². The third kappa shape index (κ3) is 4.33. The van der Waals surface area contributed by atoms with Gasteiger partial charge in [0.25, 0.3) is 0 Å². The number of nitrogens with zero attached hydrogens (tertiary/aromatic N) is 6. The van der Waals surface area contributed by atoms with Gasteiger partial charge in [0.1, 0.15) is 10.5 Å². The van der Waals surface area contributed by atoms with E-state index in [1.54, 1.807) is 6.20 Å². The number of benzene rings is 1. The summed E-state index contributed by atoms with van der Waals surface area (Å²) in [5.74, 6) is 0.507. The van der Waals surface area contributed by atoms with Crippen molar-refractivity contribution in [3.63, 3.8) is 0 Å². The van der Waals surface area contributed by atoms with Gasteiger partial charge in [-0.1, -0.05) is 12.1 Å². The van der Waals surface area contributed by atoms with Crippen molar-refractivity contribution in [1.29, 1.82) is 0 Å². The normalized spacial score (nSPS) is 17.9. The Balaban J connectivity index is 1.44. The van der Waals surface area contributed by atoms with Gasteiger partial charge in [-0.05, 0) is 58.1 Å². The molecule has 0 aliphatic carbocycles. The summed E-state index contributed by atoms with van der Waals surface area (Å²) in [7, 11) is 2.13. The number of carbonyl (C=O) groups excluding carboxylic acids is 1. The quantitative estimate of drug-likeness (QED) is 0.446. The second kappa shape index (κ2) is 9.76. The molecule has 188 valence electrons. The highest BCUT2D eigenvalue weighted by Crippen LogP contribution is 2.33. The van der Waals surface area contributed by atoms with E-state index in [4.69, 9.17) is 4.98 Å². The molecule has 1 amide bonds. The van der Waals surface area contributed by atoms with E-state index in [1.165, 1.54) is 24.2 Å². The molecule has 0 spiro atoms. The Labute approximate surface area is 213 Å². The first-order chi connectivity index (χ1) is 17.6. The fourth-order valence-corrected chi connectivity index (χ4v) is 6.40. The van der Waals surface area contributed by atoms with E-state index >= 15 is 0 Å². The van der Waals surface area contributed by atoms with E-state index in [1.807, 2.05) is 28.7 Å². The SMILES string of the molecule is CN1CCCN(c2ncc3c(=O)c(NC(=O)CCN4CCCC4)c4sc5ccccc5n4c3n2)CC1. The molecule has 2 saturated heterocycles. The van der Waals surface area contributed by atoms with Crippen molar-refractivity contribution in [2.24, 2.45) is 0 Å². The average molecular weight is 506 g/mol. The molecule has 2 aliphatic heterocycles. The van der Waals surface area contributed by atoms with Crippen LogP contribution in [0.25, 0.3) is 26.1 Å². The Morgan fingerprint density at radius 2 is 1.89 bits per heavy atom. The van der Waals surface area contributed by atoms with Crippen LogP contribution in [0.5, 0.6) is 0 Å². The number of carbonyl (C=O) groups is 1. The lowest BCUT2D eigenvalue weighted by molar-refractivity contribution is -0.116. The van der Waals surface area contributed by atoms with Crippen LogP contribution >= 0.6 is 11.3 Å². The van der Waals surface area contributed by atoms with Crippen molar-refractivity contribution in [3.05, 3.63) is 40.7 Å². The second-order valence-corrected chi connectivity index (χ2v) is 10.8. The van der Waals surface area contributed by atoms with Crippen LogP contribution in [0.3, 0.4) is 0 Å². The van der Waals surface area contributed by atoms with Gasteiger partial charge < -0.3 is 20.0 Å². The molecule has 4 aromatic rings. The van der Waals surface area contributed by atoms with E-state index in [9.17, 15) is 9.59 Å². The minimum Gasteiger partial charge on any atom is -0.339 e. The van der Waals surface area contributed by atoms with E-state index < -0.39 is 0 Å².